The Morgan fingerprint density at radius 1 is 1.16 bits per heavy atom. The highest BCUT2D eigenvalue weighted by Crippen LogP contribution is 2.35. The minimum Gasteiger partial charge on any atom is -0.456 e. The first-order chi connectivity index (χ1) is 15.4. The molecule has 0 aliphatic carbocycles. The van der Waals surface area contributed by atoms with Crippen LogP contribution in [-0.2, 0) is 14.3 Å². The van der Waals surface area contributed by atoms with E-state index < -0.39 is 18.0 Å². The number of nitrogens with zero attached hydrogens (tertiary/aromatic N) is 1. The quantitative estimate of drug-likeness (QED) is 0.511. The number of anilines is 1. The number of thioether (sulfide) groups is 1. The SMILES string of the molecule is CSc1ccc([C@@H]2NC(=O)N(CC(=O)Nc3ccc(C(C)C)cc3)C3=C2C(=O)OC3)cc1. The number of rotatable bonds is 6. The van der Waals surface area contributed by atoms with E-state index in [4.69, 9.17) is 4.74 Å². The van der Waals surface area contributed by atoms with Crippen molar-refractivity contribution in [3.63, 3.8) is 0 Å². The highest BCUT2D eigenvalue weighted by atomic mass is 32.2. The average molecular weight is 452 g/mol. The summed E-state index contributed by atoms with van der Waals surface area (Å²) in [6, 6.07) is 14.2. The van der Waals surface area contributed by atoms with Crippen LogP contribution in [0, 0.1) is 0 Å². The van der Waals surface area contributed by atoms with Crippen LogP contribution in [0.1, 0.15) is 36.9 Å². The van der Waals surface area contributed by atoms with E-state index in [0.717, 1.165) is 10.5 Å². The van der Waals surface area contributed by atoms with Crippen molar-refractivity contribution in [3.05, 3.63) is 70.9 Å². The predicted molar refractivity (Wildman–Crippen MR) is 123 cm³/mol. The number of carbonyl (C=O) groups excluding carboxylic acids is 3. The standard InChI is InChI=1S/C24H25N3O4S/c1-14(2)15-4-8-17(9-5-15)25-20(28)12-27-19-13-31-23(29)21(19)22(26-24(27)30)16-6-10-18(32-3)11-7-16/h4-11,14,22H,12-13H2,1-3H3,(H,25,28)(H,26,30)/t22-/m0/s1. The largest absolute Gasteiger partial charge is 0.456 e. The van der Waals surface area contributed by atoms with Crippen LogP contribution in [-0.4, -0.2) is 42.2 Å². The molecule has 0 radical (unpaired) electrons. The second-order valence-electron chi connectivity index (χ2n) is 8.00. The number of esters is 1. The van der Waals surface area contributed by atoms with Crippen LogP contribution in [0.15, 0.2) is 64.7 Å². The minimum absolute atomic E-state index is 0.0304. The number of amides is 3. The van der Waals surface area contributed by atoms with Crippen LogP contribution < -0.4 is 10.6 Å². The molecule has 166 valence electrons. The van der Waals surface area contributed by atoms with Gasteiger partial charge in [-0.05, 0) is 47.6 Å². The summed E-state index contributed by atoms with van der Waals surface area (Å²) in [7, 11) is 0. The Labute approximate surface area is 191 Å². The van der Waals surface area contributed by atoms with Crippen molar-refractivity contribution in [1.29, 1.82) is 0 Å². The molecule has 0 spiro atoms. The summed E-state index contributed by atoms with van der Waals surface area (Å²) in [5, 5.41) is 5.66. The van der Waals surface area contributed by atoms with E-state index in [2.05, 4.69) is 24.5 Å². The monoisotopic (exact) mass is 451 g/mol. The van der Waals surface area contributed by atoms with Gasteiger partial charge in [0.2, 0.25) is 5.91 Å². The Morgan fingerprint density at radius 2 is 1.84 bits per heavy atom. The number of hydrogen-bond donors (Lipinski definition) is 2. The molecule has 0 bridgehead atoms. The van der Waals surface area contributed by atoms with Crippen molar-refractivity contribution >= 4 is 35.4 Å². The lowest BCUT2D eigenvalue weighted by Crippen LogP contribution is -2.49. The molecule has 2 N–H and O–H groups in total. The van der Waals surface area contributed by atoms with Crippen molar-refractivity contribution in [2.75, 3.05) is 24.7 Å². The highest BCUT2D eigenvalue weighted by Gasteiger charge is 2.42. The van der Waals surface area contributed by atoms with Gasteiger partial charge in [-0.3, -0.25) is 9.69 Å². The van der Waals surface area contributed by atoms with E-state index in [0.29, 0.717) is 22.9 Å². The Balaban J connectivity index is 1.53. The van der Waals surface area contributed by atoms with E-state index in [1.165, 1.54) is 10.5 Å². The smallest absolute Gasteiger partial charge is 0.338 e. The van der Waals surface area contributed by atoms with Crippen LogP contribution in [0.3, 0.4) is 0 Å². The second-order valence-corrected chi connectivity index (χ2v) is 8.88. The highest BCUT2D eigenvalue weighted by molar-refractivity contribution is 7.98. The first-order valence-corrected chi connectivity index (χ1v) is 11.6. The fourth-order valence-corrected chi connectivity index (χ4v) is 4.23. The number of cyclic esters (lactones) is 1. The molecular weight excluding hydrogens is 426 g/mol. The van der Waals surface area contributed by atoms with Crippen LogP contribution in [0.5, 0.6) is 0 Å². The van der Waals surface area contributed by atoms with Crippen LogP contribution in [0.4, 0.5) is 10.5 Å². The first kappa shape index (κ1) is 22.0. The molecule has 2 aliphatic rings. The van der Waals surface area contributed by atoms with Gasteiger partial charge >= 0.3 is 12.0 Å². The van der Waals surface area contributed by atoms with Gasteiger partial charge in [0.25, 0.3) is 0 Å². The molecular formula is C24H25N3O4S. The summed E-state index contributed by atoms with van der Waals surface area (Å²) >= 11 is 1.61. The fraction of sp³-hybridized carbons (Fsp3) is 0.292. The molecule has 3 amide bonds. The molecule has 4 rings (SSSR count). The number of hydrogen-bond acceptors (Lipinski definition) is 5. The molecule has 0 saturated heterocycles. The Kier molecular flexibility index (Phi) is 6.23. The van der Waals surface area contributed by atoms with E-state index in [1.807, 2.05) is 54.8 Å². The summed E-state index contributed by atoms with van der Waals surface area (Å²) in [6.45, 7) is 3.95. The van der Waals surface area contributed by atoms with Crippen molar-refractivity contribution in [3.8, 4) is 0 Å². The molecule has 0 fully saturated rings. The van der Waals surface area contributed by atoms with Crippen LogP contribution in [0.25, 0.3) is 0 Å². The maximum absolute atomic E-state index is 12.9. The van der Waals surface area contributed by atoms with Crippen molar-refractivity contribution in [2.24, 2.45) is 0 Å². The van der Waals surface area contributed by atoms with Gasteiger partial charge in [-0.25, -0.2) is 9.59 Å². The van der Waals surface area contributed by atoms with E-state index in [-0.39, 0.29) is 19.1 Å². The first-order valence-electron chi connectivity index (χ1n) is 10.4. The number of urea groups is 1. The van der Waals surface area contributed by atoms with Crippen molar-refractivity contribution < 1.29 is 19.1 Å². The molecule has 2 heterocycles. The van der Waals surface area contributed by atoms with E-state index in [9.17, 15) is 14.4 Å². The lowest BCUT2D eigenvalue weighted by atomic mass is 9.96. The lowest BCUT2D eigenvalue weighted by Gasteiger charge is -2.32. The maximum atomic E-state index is 12.9. The topological polar surface area (TPSA) is 87.7 Å². The van der Waals surface area contributed by atoms with Gasteiger partial charge in [0, 0.05) is 10.6 Å². The van der Waals surface area contributed by atoms with Gasteiger partial charge in [-0.15, -0.1) is 11.8 Å². The molecule has 2 aromatic carbocycles. The van der Waals surface area contributed by atoms with Crippen LogP contribution >= 0.6 is 11.8 Å². The van der Waals surface area contributed by atoms with Gasteiger partial charge in [-0.2, -0.15) is 0 Å². The number of carbonyl (C=O) groups is 3. The Hall–Kier alpha value is -3.26. The van der Waals surface area contributed by atoms with E-state index >= 15 is 0 Å². The lowest BCUT2D eigenvalue weighted by molar-refractivity contribution is -0.136. The van der Waals surface area contributed by atoms with Gasteiger partial charge in [0.05, 0.1) is 17.3 Å². The normalized spacial score (nSPS) is 17.9. The number of ether oxygens (including phenoxy) is 1. The van der Waals surface area contributed by atoms with Gasteiger partial charge in [0.15, 0.2) is 0 Å². The third kappa shape index (κ3) is 4.36. The predicted octanol–water partition coefficient (Wildman–Crippen LogP) is 4.05. The third-order valence-corrected chi connectivity index (χ3v) is 6.35. The molecule has 8 heteroatoms. The molecule has 0 saturated carbocycles. The molecule has 2 aromatic rings. The fourth-order valence-electron chi connectivity index (χ4n) is 3.82. The summed E-state index contributed by atoms with van der Waals surface area (Å²) in [5.41, 5.74) is 3.42. The Morgan fingerprint density at radius 3 is 2.47 bits per heavy atom. The minimum atomic E-state index is -0.605. The number of nitrogens with one attached hydrogen (secondary N) is 2. The van der Waals surface area contributed by atoms with Gasteiger partial charge in [-0.1, -0.05) is 38.1 Å². The van der Waals surface area contributed by atoms with Crippen molar-refractivity contribution in [2.45, 2.75) is 30.7 Å². The summed E-state index contributed by atoms with van der Waals surface area (Å²) in [6.07, 6.45) is 1.98. The number of benzene rings is 2. The van der Waals surface area contributed by atoms with Gasteiger partial charge < -0.3 is 15.4 Å². The molecule has 0 aromatic heterocycles. The van der Waals surface area contributed by atoms with E-state index in [1.54, 1.807) is 11.8 Å². The average Bonchev–Trinajstić information content (AvgIpc) is 3.17. The zero-order chi connectivity index (χ0) is 22.8. The summed E-state index contributed by atoms with van der Waals surface area (Å²) in [4.78, 5) is 40.4. The summed E-state index contributed by atoms with van der Waals surface area (Å²) in [5.74, 6) is -0.438. The second kappa shape index (κ2) is 9.08. The zero-order valence-corrected chi connectivity index (χ0v) is 19.0. The zero-order valence-electron chi connectivity index (χ0n) is 18.2. The van der Waals surface area contributed by atoms with Crippen molar-refractivity contribution in [1.82, 2.24) is 10.2 Å². The molecule has 7 nitrogen and oxygen atoms in total. The van der Waals surface area contributed by atoms with Crippen LogP contribution in [0.2, 0.25) is 0 Å². The molecule has 32 heavy (non-hydrogen) atoms. The molecule has 0 unspecified atom stereocenters. The molecule has 2 aliphatic heterocycles. The summed E-state index contributed by atoms with van der Waals surface area (Å²) < 4.78 is 5.23. The maximum Gasteiger partial charge on any atom is 0.338 e. The van der Waals surface area contributed by atoms with Gasteiger partial charge in [0.1, 0.15) is 13.2 Å². The Bertz CT molecular complexity index is 1080. The third-order valence-electron chi connectivity index (χ3n) is 5.61. The molecule has 1 atom stereocenters.